The lowest BCUT2D eigenvalue weighted by Crippen LogP contribution is -2.33. The minimum absolute atomic E-state index is 0.696. The van der Waals surface area contributed by atoms with Gasteiger partial charge in [0, 0.05) is 11.4 Å². The Morgan fingerprint density at radius 2 is 0.865 bits per heavy atom. The van der Waals surface area contributed by atoms with Gasteiger partial charge in [0.2, 0.25) is 0 Å². The first-order chi connectivity index (χ1) is 17.8. The van der Waals surface area contributed by atoms with Crippen LogP contribution < -0.4 is 11.5 Å². The molecule has 184 valence electrons. The smallest absolute Gasteiger partial charge is 0.0741 e. The number of nitrogens with two attached hydrogens (primary N) is 2. The van der Waals surface area contributed by atoms with Gasteiger partial charge in [0.1, 0.15) is 0 Å². The Kier molecular flexibility index (Phi) is 6.35. The molecule has 5 aromatic carbocycles. The third-order valence-corrected chi connectivity index (χ3v) is 7.50. The van der Waals surface area contributed by atoms with Gasteiger partial charge in [0.05, 0.1) is 5.41 Å². The van der Waals surface area contributed by atoms with E-state index in [4.69, 9.17) is 11.5 Å². The molecule has 0 spiro atoms. The van der Waals surface area contributed by atoms with Crippen LogP contribution in [0.15, 0.2) is 109 Å². The fourth-order valence-electron chi connectivity index (χ4n) is 5.74. The van der Waals surface area contributed by atoms with Crippen molar-refractivity contribution in [1.82, 2.24) is 0 Å². The van der Waals surface area contributed by atoms with Crippen LogP contribution in [0.2, 0.25) is 0 Å². The summed E-state index contributed by atoms with van der Waals surface area (Å²) in [5.41, 5.74) is 26.0. The highest BCUT2D eigenvalue weighted by Gasteiger charge is 2.42. The summed E-state index contributed by atoms with van der Waals surface area (Å²) in [6, 6.07) is 38.8. The largest absolute Gasteiger partial charge is 0.398 e. The molecule has 0 aliphatic carbocycles. The topological polar surface area (TPSA) is 52.0 Å². The van der Waals surface area contributed by atoms with Crippen molar-refractivity contribution >= 4 is 11.4 Å². The SMILES string of the molecule is Cc1cc(C)c(N)c(C(c2ccccc2)(c2ccc(-c3ccccc3)cc2)c2cc(C)cc(C)c2N)c1. The van der Waals surface area contributed by atoms with Crippen molar-refractivity contribution < 1.29 is 0 Å². The van der Waals surface area contributed by atoms with E-state index >= 15 is 0 Å². The van der Waals surface area contributed by atoms with Crippen LogP contribution in [0.3, 0.4) is 0 Å². The van der Waals surface area contributed by atoms with Gasteiger partial charge in [-0.05, 0) is 72.2 Å². The molecule has 5 aromatic rings. The lowest BCUT2D eigenvalue weighted by molar-refractivity contribution is 0.747. The minimum Gasteiger partial charge on any atom is -0.398 e. The van der Waals surface area contributed by atoms with Crippen LogP contribution >= 0.6 is 0 Å². The fourth-order valence-corrected chi connectivity index (χ4v) is 5.74. The number of anilines is 2. The van der Waals surface area contributed by atoms with Gasteiger partial charge in [-0.25, -0.2) is 0 Å². The Balaban J connectivity index is 1.93. The Morgan fingerprint density at radius 1 is 0.459 bits per heavy atom. The highest BCUT2D eigenvalue weighted by molar-refractivity contribution is 5.75. The number of hydrogen-bond donors (Lipinski definition) is 2. The predicted molar refractivity (Wildman–Crippen MR) is 158 cm³/mol. The van der Waals surface area contributed by atoms with Gasteiger partial charge in [-0.15, -0.1) is 0 Å². The molecule has 37 heavy (non-hydrogen) atoms. The van der Waals surface area contributed by atoms with E-state index in [0.29, 0.717) is 0 Å². The Labute approximate surface area is 220 Å². The Hall–Kier alpha value is -4.30. The molecule has 0 saturated heterocycles. The molecule has 0 heterocycles. The summed E-state index contributed by atoms with van der Waals surface area (Å²) in [6.45, 7) is 8.44. The fraction of sp³-hybridized carbons (Fsp3) is 0.143. The Bertz CT molecular complexity index is 1490. The minimum atomic E-state index is -0.696. The van der Waals surface area contributed by atoms with Crippen molar-refractivity contribution in [2.45, 2.75) is 33.1 Å². The van der Waals surface area contributed by atoms with Gasteiger partial charge in [-0.3, -0.25) is 0 Å². The lowest BCUT2D eigenvalue weighted by atomic mass is 9.63. The first-order valence-electron chi connectivity index (χ1n) is 12.8. The molecule has 2 heteroatoms. The van der Waals surface area contributed by atoms with Gasteiger partial charge in [-0.2, -0.15) is 0 Å². The molecule has 0 unspecified atom stereocenters. The van der Waals surface area contributed by atoms with Gasteiger partial charge in [0.25, 0.3) is 0 Å². The maximum atomic E-state index is 6.96. The highest BCUT2D eigenvalue weighted by Crippen LogP contribution is 2.50. The second-order valence-corrected chi connectivity index (χ2v) is 10.1. The van der Waals surface area contributed by atoms with Crippen LogP contribution in [0, 0.1) is 27.7 Å². The number of aryl methyl sites for hydroxylation is 4. The van der Waals surface area contributed by atoms with Crippen molar-refractivity contribution in [2.75, 3.05) is 11.5 Å². The van der Waals surface area contributed by atoms with E-state index < -0.39 is 5.41 Å². The number of benzene rings is 5. The molecule has 0 amide bonds. The van der Waals surface area contributed by atoms with Gasteiger partial charge >= 0.3 is 0 Å². The van der Waals surface area contributed by atoms with Crippen LogP contribution in [-0.2, 0) is 5.41 Å². The zero-order chi connectivity index (χ0) is 26.2. The molecular formula is C35H34N2. The van der Waals surface area contributed by atoms with Crippen LogP contribution in [0.4, 0.5) is 11.4 Å². The summed E-state index contributed by atoms with van der Waals surface area (Å²) in [7, 11) is 0. The molecular weight excluding hydrogens is 448 g/mol. The molecule has 0 radical (unpaired) electrons. The molecule has 0 aliphatic heterocycles. The highest BCUT2D eigenvalue weighted by atomic mass is 14.6. The zero-order valence-corrected chi connectivity index (χ0v) is 22.0. The van der Waals surface area contributed by atoms with Crippen molar-refractivity contribution in [2.24, 2.45) is 0 Å². The summed E-state index contributed by atoms with van der Waals surface area (Å²) in [5, 5.41) is 0. The van der Waals surface area contributed by atoms with E-state index in [1.807, 2.05) is 6.07 Å². The third-order valence-electron chi connectivity index (χ3n) is 7.50. The molecule has 0 atom stereocenters. The van der Waals surface area contributed by atoms with Crippen molar-refractivity contribution in [3.8, 4) is 11.1 Å². The quantitative estimate of drug-likeness (QED) is 0.196. The summed E-state index contributed by atoms with van der Waals surface area (Å²) in [5.74, 6) is 0. The van der Waals surface area contributed by atoms with Crippen molar-refractivity contribution in [1.29, 1.82) is 0 Å². The Morgan fingerprint density at radius 3 is 1.35 bits per heavy atom. The molecule has 0 aromatic heterocycles. The molecule has 0 saturated carbocycles. The number of nitrogen functional groups attached to an aromatic ring is 2. The maximum Gasteiger partial charge on any atom is 0.0741 e. The van der Waals surface area contributed by atoms with Gasteiger partial charge in [-0.1, -0.05) is 120 Å². The summed E-state index contributed by atoms with van der Waals surface area (Å²) in [4.78, 5) is 0. The van der Waals surface area contributed by atoms with Gasteiger partial charge in [0.15, 0.2) is 0 Å². The zero-order valence-electron chi connectivity index (χ0n) is 22.0. The third kappa shape index (κ3) is 4.19. The van der Waals surface area contributed by atoms with E-state index in [9.17, 15) is 0 Å². The molecule has 5 rings (SSSR count). The predicted octanol–water partition coefficient (Wildman–Crippen LogP) is 8.13. The normalized spacial score (nSPS) is 11.5. The first-order valence-corrected chi connectivity index (χ1v) is 12.8. The van der Waals surface area contributed by atoms with Gasteiger partial charge < -0.3 is 11.5 Å². The van der Waals surface area contributed by atoms with Crippen molar-refractivity contribution in [3.05, 3.63) is 154 Å². The maximum absolute atomic E-state index is 6.96. The van der Waals surface area contributed by atoms with E-state index in [-0.39, 0.29) is 0 Å². The second-order valence-electron chi connectivity index (χ2n) is 10.1. The molecule has 0 aliphatic rings. The molecule has 4 N–H and O–H groups in total. The average Bonchev–Trinajstić information content (AvgIpc) is 2.91. The van der Waals surface area contributed by atoms with E-state index in [1.54, 1.807) is 0 Å². The van der Waals surface area contributed by atoms with Crippen LogP contribution in [0.1, 0.15) is 44.5 Å². The second kappa shape index (κ2) is 9.63. The molecule has 0 fully saturated rings. The van der Waals surface area contributed by atoms with Crippen molar-refractivity contribution in [3.63, 3.8) is 0 Å². The monoisotopic (exact) mass is 482 g/mol. The molecule has 2 nitrogen and oxygen atoms in total. The summed E-state index contributed by atoms with van der Waals surface area (Å²) in [6.07, 6.45) is 0. The average molecular weight is 483 g/mol. The number of rotatable bonds is 5. The van der Waals surface area contributed by atoms with Crippen LogP contribution in [0.25, 0.3) is 11.1 Å². The first kappa shape index (κ1) is 24.4. The van der Waals surface area contributed by atoms with Crippen LogP contribution in [-0.4, -0.2) is 0 Å². The number of hydrogen-bond acceptors (Lipinski definition) is 2. The van der Waals surface area contributed by atoms with E-state index in [1.165, 1.54) is 22.3 Å². The molecule has 0 bridgehead atoms. The summed E-state index contributed by atoms with van der Waals surface area (Å²) < 4.78 is 0. The lowest BCUT2D eigenvalue weighted by Gasteiger charge is -2.39. The summed E-state index contributed by atoms with van der Waals surface area (Å²) >= 11 is 0. The van der Waals surface area contributed by atoms with Crippen LogP contribution in [0.5, 0.6) is 0 Å². The van der Waals surface area contributed by atoms with E-state index in [0.717, 1.165) is 44.8 Å². The van der Waals surface area contributed by atoms with E-state index in [2.05, 4.69) is 131 Å². The standard InChI is InChI=1S/C35H34N2/c1-23-19-25(3)33(36)31(21-23)35(29-13-9-6-10-14-29,32-22-24(2)20-26(4)34(32)37)30-17-15-28(16-18-30)27-11-7-5-8-12-27/h5-22H,36-37H2,1-4H3.